The molecule has 1 atom stereocenters. The van der Waals surface area contributed by atoms with Crippen molar-refractivity contribution in [2.75, 3.05) is 0 Å². The van der Waals surface area contributed by atoms with Crippen LogP contribution in [-0.2, 0) is 9.53 Å². The first-order chi connectivity index (χ1) is 5.48. The van der Waals surface area contributed by atoms with E-state index in [2.05, 4.69) is 4.99 Å². The number of hydrogen-bond acceptors (Lipinski definition) is 3. The van der Waals surface area contributed by atoms with E-state index < -0.39 is 5.60 Å². The van der Waals surface area contributed by atoms with Gasteiger partial charge < -0.3 is 10.5 Å². The predicted molar refractivity (Wildman–Crippen MR) is 43.5 cm³/mol. The Bertz CT molecular complexity index is 281. The predicted octanol–water partition coefficient (Wildman–Crippen LogP) is 0.417. The maximum atomic E-state index is 11.4. The zero-order valence-corrected chi connectivity index (χ0v) is 7.26. The van der Waals surface area contributed by atoms with Crippen LogP contribution in [-0.4, -0.2) is 17.5 Å². The number of amides is 1. The Morgan fingerprint density at radius 3 is 2.42 bits per heavy atom. The highest BCUT2D eigenvalue weighted by Gasteiger charge is 2.62. The molecule has 1 heterocycles. The summed E-state index contributed by atoms with van der Waals surface area (Å²) < 4.78 is 5.27. The summed E-state index contributed by atoms with van der Waals surface area (Å²) in [5.74, 6) is -0.236. The molecule has 1 saturated carbocycles. The number of hydrogen-bond donors (Lipinski definition) is 1. The van der Waals surface area contributed by atoms with E-state index in [0.29, 0.717) is 0 Å². The first kappa shape index (κ1) is 7.58. The molecule has 1 unspecified atom stereocenters. The molecule has 1 aliphatic carbocycles. The maximum absolute atomic E-state index is 11.4. The van der Waals surface area contributed by atoms with Crippen molar-refractivity contribution in [3.05, 3.63) is 0 Å². The molecule has 0 aromatic rings. The lowest BCUT2D eigenvalue weighted by Gasteiger charge is -2.27. The normalized spacial score (nSPS) is 37.5. The number of amidine groups is 1. The molecule has 0 aromatic carbocycles. The van der Waals surface area contributed by atoms with Crippen molar-refractivity contribution in [3.63, 3.8) is 0 Å². The molecular formula is C8H12N2O2. The zero-order valence-electron chi connectivity index (χ0n) is 7.26. The minimum absolute atomic E-state index is 0.00984. The van der Waals surface area contributed by atoms with Gasteiger partial charge in [-0.15, -0.1) is 0 Å². The highest BCUT2D eigenvalue weighted by atomic mass is 16.5. The van der Waals surface area contributed by atoms with Crippen LogP contribution >= 0.6 is 0 Å². The number of rotatable bonds is 1. The van der Waals surface area contributed by atoms with Crippen LogP contribution in [0.5, 0.6) is 0 Å². The van der Waals surface area contributed by atoms with Gasteiger partial charge in [0.2, 0.25) is 0 Å². The van der Waals surface area contributed by atoms with Crippen LogP contribution in [0.25, 0.3) is 0 Å². The summed E-state index contributed by atoms with van der Waals surface area (Å²) in [5.41, 5.74) is 4.49. The molecule has 0 saturated heterocycles. The Balaban J connectivity index is 2.30. The molecule has 4 nitrogen and oxygen atoms in total. The molecule has 0 radical (unpaired) electrons. The van der Waals surface area contributed by atoms with Crippen molar-refractivity contribution in [1.82, 2.24) is 0 Å². The van der Waals surface area contributed by atoms with Crippen molar-refractivity contribution in [1.29, 1.82) is 0 Å². The second-order valence-electron chi connectivity index (χ2n) is 3.95. The van der Waals surface area contributed by atoms with Crippen LogP contribution in [0.1, 0.15) is 26.7 Å². The summed E-state index contributed by atoms with van der Waals surface area (Å²) in [5, 5.41) is 0. The molecule has 2 rings (SSSR count). The lowest BCUT2D eigenvalue weighted by Crippen LogP contribution is -2.42. The van der Waals surface area contributed by atoms with E-state index in [1.807, 2.05) is 6.92 Å². The monoisotopic (exact) mass is 168 g/mol. The van der Waals surface area contributed by atoms with Crippen molar-refractivity contribution in [2.24, 2.45) is 16.1 Å². The van der Waals surface area contributed by atoms with Crippen LogP contribution in [0, 0.1) is 5.41 Å². The van der Waals surface area contributed by atoms with Gasteiger partial charge >= 0.3 is 0 Å². The number of nitrogens with two attached hydrogens (primary N) is 1. The fourth-order valence-electron chi connectivity index (χ4n) is 1.53. The Kier molecular flexibility index (Phi) is 1.14. The third kappa shape index (κ3) is 0.722. The molecule has 2 aliphatic rings. The SMILES string of the molecule is CC1(C2(C)OC(N)=NC2=O)CC1. The molecule has 0 bridgehead atoms. The molecule has 1 aliphatic heterocycles. The molecule has 0 aromatic heterocycles. The first-order valence-corrected chi connectivity index (χ1v) is 4.06. The average Bonchev–Trinajstić information content (AvgIpc) is 2.62. The van der Waals surface area contributed by atoms with Crippen LogP contribution in [0.15, 0.2) is 4.99 Å². The fourth-order valence-corrected chi connectivity index (χ4v) is 1.53. The van der Waals surface area contributed by atoms with Crippen LogP contribution in [0.4, 0.5) is 0 Å². The van der Waals surface area contributed by atoms with Crippen LogP contribution in [0.2, 0.25) is 0 Å². The van der Waals surface area contributed by atoms with Crippen LogP contribution < -0.4 is 5.73 Å². The van der Waals surface area contributed by atoms with Gasteiger partial charge in [-0.2, -0.15) is 4.99 Å². The molecule has 0 spiro atoms. The second kappa shape index (κ2) is 1.81. The van der Waals surface area contributed by atoms with Gasteiger partial charge in [0.25, 0.3) is 11.9 Å². The van der Waals surface area contributed by atoms with E-state index in [9.17, 15) is 4.79 Å². The number of carbonyl (C=O) groups is 1. The minimum Gasteiger partial charge on any atom is -0.448 e. The van der Waals surface area contributed by atoms with Gasteiger partial charge in [0, 0.05) is 5.41 Å². The fraction of sp³-hybridized carbons (Fsp3) is 0.750. The molecular weight excluding hydrogens is 156 g/mol. The Hall–Kier alpha value is -1.06. The summed E-state index contributed by atoms with van der Waals surface area (Å²) in [6.07, 6.45) is 2.02. The standard InChI is InChI=1S/C8H12N2O2/c1-7(3-4-7)8(2)5(11)10-6(9)12-8/h3-4H2,1-2H3,(H2,9,10,11). The molecule has 2 N–H and O–H groups in total. The van der Waals surface area contributed by atoms with Gasteiger partial charge in [0.05, 0.1) is 0 Å². The number of carbonyl (C=O) groups excluding carboxylic acids is 1. The first-order valence-electron chi connectivity index (χ1n) is 4.06. The third-order valence-electron chi connectivity index (χ3n) is 3.08. The van der Waals surface area contributed by atoms with Crippen molar-refractivity contribution < 1.29 is 9.53 Å². The summed E-state index contributed by atoms with van der Waals surface area (Å²) in [7, 11) is 0. The molecule has 1 amide bonds. The Morgan fingerprint density at radius 1 is 1.50 bits per heavy atom. The average molecular weight is 168 g/mol. The highest BCUT2D eigenvalue weighted by molar-refractivity contribution is 6.01. The van der Waals surface area contributed by atoms with Crippen LogP contribution in [0.3, 0.4) is 0 Å². The van der Waals surface area contributed by atoms with Gasteiger partial charge in [-0.1, -0.05) is 6.92 Å². The number of ether oxygens (including phenoxy) is 1. The summed E-state index contributed by atoms with van der Waals surface area (Å²) >= 11 is 0. The van der Waals surface area contributed by atoms with Gasteiger partial charge in [-0.25, -0.2) is 0 Å². The summed E-state index contributed by atoms with van der Waals surface area (Å²) in [4.78, 5) is 15.0. The number of nitrogens with zero attached hydrogens (tertiary/aromatic N) is 1. The molecule has 12 heavy (non-hydrogen) atoms. The molecule has 66 valence electrons. The lowest BCUT2D eigenvalue weighted by atomic mass is 9.87. The molecule has 4 heteroatoms. The minimum atomic E-state index is -0.795. The summed E-state index contributed by atoms with van der Waals surface area (Å²) in [6.45, 7) is 3.80. The van der Waals surface area contributed by atoms with Crippen molar-refractivity contribution in [3.8, 4) is 0 Å². The molecule has 1 fully saturated rings. The smallest absolute Gasteiger partial charge is 0.294 e. The lowest BCUT2D eigenvalue weighted by molar-refractivity contribution is -0.134. The van der Waals surface area contributed by atoms with Crippen molar-refractivity contribution in [2.45, 2.75) is 32.3 Å². The Labute approximate surface area is 70.8 Å². The van der Waals surface area contributed by atoms with E-state index in [0.717, 1.165) is 12.8 Å². The maximum Gasteiger partial charge on any atom is 0.294 e. The van der Waals surface area contributed by atoms with Gasteiger partial charge in [-0.05, 0) is 19.8 Å². The highest BCUT2D eigenvalue weighted by Crippen LogP contribution is 2.56. The van der Waals surface area contributed by atoms with E-state index in [1.54, 1.807) is 6.92 Å². The quantitative estimate of drug-likeness (QED) is 0.617. The van der Waals surface area contributed by atoms with E-state index in [4.69, 9.17) is 10.5 Å². The van der Waals surface area contributed by atoms with Gasteiger partial charge in [0.15, 0.2) is 5.60 Å². The van der Waals surface area contributed by atoms with E-state index in [1.165, 1.54) is 0 Å². The van der Waals surface area contributed by atoms with Gasteiger partial charge in [-0.3, -0.25) is 4.79 Å². The van der Waals surface area contributed by atoms with Gasteiger partial charge in [0.1, 0.15) is 0 Å². The van der Waals surface area contributed by atoms with E-state index in [-0.39, 0.29) is 17.3 Å². The van der Waals surface area contributed by atoms with Crippen molar-refractivity contribution >= 4 is 11.9 Å². The second-order valence-corrected chi connectivity index (χ2v) is 3.95. The summed E-state index contributed by atoms with van der Waals surface area (Å²) in [6, 6.07) is 0.00984. The largest absolute Gasteiger partial charge is 0.448 e. The third-order valence-corrected chi connectivity index (χ3v) is 3.08. The number of aliphatic imine (C=N–C) groups is 1. The topological polar surface area (TPSA) is 64.7 Å². The Morgan fingerprint density at radius 2 is 2.08 bits per heavy atom. The van der Waals surface area contributed by atoms with E-state index >= 15 is 0 Å². The zero-order chi connectivity index (χ0) is 8.98.